The van der Waals surface area contributed by atoms with Gasteiger partial charge in [-0.25, -0.2) is 4.98 Å². The van der Waals surface area contributed by atoms with Crippen LogP contribution < -0.4 is 4.90 Å². The Morgan fingerprint density at radius 1 is 1.28 bits per heavy atom. The summed E-state index contributed by atoms with van der Waals surface area (Å²) in [5, 5.41) is 28.8. The molecule has 0 bridgehead atoms. The molecule has 2 N–H and O–H groups in total. The van der Waals surface area contributed by atoms with Crippen LogP contribution in [0, 0.1) is 23.7 Å². The summed E-state index contributed by atoms with van der Waals surface area (Å²) in [4.78, 5) is 6.63. The van der Waals surface area contributed by atoms with Crippen molar-refractivity contribution in [1.29, 1.82) is 5.26 Å². The van der Waals surface area contributed by atoms with E-state index in [9.17, 15) is 15.5 Å². The van der Waals surface area contributed by atoms with E-state index < -0.39 is 5.41 Å². The number of pyridine rings is 1. The summed E-state index contributed by atoms with van der Waals surface area (Å²) in [5.74, 6) is 0.869. The van der Waals surface area contributed by atoms with Crippen molar-refractivity contribution in [2.75, 3.05) is 31.7 Å². The third-order valence-corrected chi connectivity index (χ3v) is 4.64. The molecule has 6 heteroatoms. The van der Waals surface area contributed by atoms with Gasteiger partial charge < -0.3 is 15.1 Å². The van der Waals surface area contributed by atoms with Gasteiger partial charge >= 0.3 is 0 Å². The van der Waals surface area contributed by atoms with Crippen LogP contribution in [0.3, 0.4) is 0 Å². The fraction of sp³-hybridized carbons (Fsp3) is 0.368. The Balaban J connectivity index is 2.26. The summed E-state index contributed by atoms with van der Waals surface area (Å²) in [6.45, 7) is 3.97. The minimum atomic E-state index is -0.626. The molecule has 0 spiro atoms. The number of aliphatic hydroxyl groups is 2. The van der Waals surface area contributed by atoms with Gasteiger partial charge in [-0.15, -0.1) is 0 Å². The maximum absolute atomic E-state index is 9.61. The number of hydrogen-bond acceptors (Lipinski definition) is 5. The van der Waals surface area contributed by atoms with E-state index in [1.165, 1.54) is 0 Å². The second kappa shape index (κ2) is 6.36. The number of hydrogen-bond donors (Lipinski definition) is 2. The van der Waals surface area contributed by atoms with Gasteiger partial charge in [-0.3, -0.25) is 4.40 Å². The van der Waals surface area contributed by atoms with Crippen molar-refractivity contribution in [1.82, 2.24) is 9.38 Å². The average Bonchev–Trinajstić information content (AvgIpc) is 3.00. The molecule has 0 saturated carbocycles. The van der Waals surface area contributed by atoms with Crippen molar-refractivity contribution in [2.24, 2.45) is 5.41 Å². The lowest BCUT2D eigenvalue weighted by atomic mass is 9.92. The number of nitriles is 1. The highest BCUT2D eigenvalue weighted by Gasteiger charge is 2.26. The molecule has 0 aliphatic carbocycles. The normalized spacial score (nSPS) is 11.8. The molecule has 0 aliphatic rings. The Hall–Kier alpha value is -2.62. The Morgan fingerprint density at radius 2 is 1.96 bits per heavy atom. The summed E-state index contributed by atoms with van der Waals surface area (Å²) >= 11 is 0. The van der Waals surface area contributed by atoms with E-state index in [1.54, 1.807) is 0 Å². The van der Waals surface area contributed by atoms with Gasteiger partial charge in [0.1, 0.15) is 11.9 Å². The third-order valence-electron chi connectivity index (χ3n) is 4.64. The molecule has 0 fully saturated rings. The zero-order valence-corrected chi connectivity index (χ0v) is 14.7. The molecule has 25 heavy (non-hydrogen) atoms. The number of aliphatic hydroxyl groups excluding tert-OH is 2. The highest BCUT2D eigenvalue weighted by atomic mass is 16.3. The number of nitrogens with zero attached hydrogens (tertiary/aromatic N) is 4. The van der Waals surface area contributed by atoms with E-state index in [4.69, 9.17) is 0 Å². The molecule has 130 valence electrons. The highest BCUT2D eigenvalue weighted by molar-refractivity contribution is 5.85. The van der Waals surface area contributed by atoms with Gasteiger partial charge in [-0.2, -0.15) is 5.26 Å². The Bertz CT molecular complexity index is 967. The smallest absolute Gasteiger partial charge is 0.157 e. The van der Waals surface area contributed by atoms with Crippen LogP contribution in [0.1, 0.15) is 18.1 Å². The van der Waals surface area contributed by atoms with Crippen LogP contribution in [-0.4, -0.2) is 46.4 Å². The molecule has 1 aromatic carbocycles. The van der Waals surface area contributed by atoms with Crippen molar-refractivity contribution in [3.8, 4) is 6.07 Å². The lowest BCUT2D eigenvalue weighted by Crippen LogP contribution is -2.39. The number of imidazole rings is 1. The Labute approximate surface area is 146 Å². The van der Waals surface area contributed by atoms with Crippen molar-refractivity contribution in [2.45, 2.75) is 13.8 Å². The maximum atomic E-state index is 9.61. The van der Waals surface area contributed by atoms with Crippen molar-refractivity contribution in [3.63, 3.8) is 0 Å². The zero-order valence-electron chi connectivity index (χ0n) is 14.7. The topological polar surface area (TPSA) is 84.8 Å². The van der Waals surface area contributed by atoms with E-state index in [2.05, 4.69) is 11.1 Å². The first kappa shape index (κ1) is 17.2. The van der Waals surface area contributed by atoms with Gasteiger partial charge in [0.05, 0.1) is 29.8 Å². The average molecular weight is 338 g/mol. The predicted molar refractivity (Wildman–Crippen MR) is 97.7 cm³/mol. The van der Waals surface area contributed by atoms with E-state index in [0.29, 0.717) is 17.8 Å². The fourth-order valence-corrected chi connectivity index (χ4v) is 3.15. The molecule has 2 heterocycles. The van der Waals surface area contributed by atoms with E-state index in [0.717, 1.165) is 22.4 Å². The molecule has 6 nitrogen and oxygen atoms in total. The summed E-state index contributed by atoms with van der Waals surface area (Å²) in [6.07, 6.45) is 0. The van der Waals surface area contributed by atoms with Gasteiger partial charge in [0.25, 0.3) is 0 Å². The molecule has 2 aromatic heterocycles. The summed E-state index contributed by atoms with van der Waals surface area (Å²) < 4.78 is 1.97. The number of benzene rings is 1. The number of fused-ring (bicyclic) bond motifs is 3. The Morgan fingerprint density at radius 3 is 2.60 bits per heavy atom. The molecule has 3 rings (SSSR count). The molecular formula is C19H22N4O2. The van der Waals surface area contributed by atoms with Crippen LogP contribution >= 0.6 is 0 Å². The number of aromatic nitrogens is 2. The molecular weight excluding hydrogens is 316 g/mol. The van der Waals surface area contributed by atoms with Gasteiger partial charge in [-0.05, 0) is 30.7 Å². The van der Waals surface area contributed by atoms with Crippen LogP contribution in [0.15, 0.2) is 30.3 Å². The molecule has 0 atom stereocenters. The standard InChI is InChI=1S/C19H22N4O2/c1-13-8-17(22(3)10-19(2,11-24)12-25)23-16-7-5-4-6-15(16)21-18(23)14(13)9-20/h4-8,24-25H,10-12H2,1-3H3. The van der Waals surface area contributed by atoms with Crippen LogP contribution in [-0.2, 0) is 0 Å². The second-order valence-corrected chi connectivity index (χ2v) is 6.91. The minimum Gasteiger partial charge on any atom is -0.396 e. The summed E-state index contributed by atoms with van der Waals surface area (Å²) in [7, 11) is 1.92. The van der Waals surface area contributed by atoms with E-state index in [-0.39, 0.29) is 13.2 Å². The molecule has 0 unspecified atom stereocenters. The van der Waals surface area contributed by atoms with Crippen LogP contribution in [0.5, 0.6) is 0 Å². The monoisotopic (exact) mass is 338 g/mol. The maximum Gasteiger partial charge on any atom is 0.157 e. The van der Waals surface area contributed by atoms with E-state index >= 15 is 0 Å². The van der Waals surface area contributed by atoms with Crippen molar-refractivity contribution in [3.05, 3.63) is 41.5 Å². The SMILES string of the molecule is Cc1cc(N(C)CC(C)(CO)CO)n2c(nc3ccccc32)c1C#N. The van der Waals surface area contributed by atoms with Crippen molar-refractivity contribution >= 4 is 22.5 Å². The molecule has 0 saturated heterocycles. The lowest BCUT2D eigenvalue weighted by Gasteiger charge is -2.32. The second-order valence-electron chi connectivity index (χ2n) is 6.91. The Kier molecular flexibility index (Phi) is 4.38. The first-order chi connectivity index (χ1) is 11.9. The molecule has 0 aliphatic heterocycles. The van der Waals surface area contributed by atoms with Gasteiger partial charge in [0.2, 0.25) is 0 Å². The van der Waals surface area contributed by atoms with E-state index in [1.807, 2.05) is 60.5 Å². The van der Waals surface area contributed by atoms with Crippen LogP contribution in [0.2, 0.25) is 0 Å². The van der Waals surface area contributed by atoms with Crippen LogP contribution in [0.25, 0.3) is 16.7 Å². The number of rotatable bonds is 5. The molecule has 3 aromatic rings. The highest BCUT2D eigenvalue weighted by Crippen LogP contribution is 2.29. The number of para-hydroxylation sites is 2. The zero-order chi connectivity index (χ0) is 18.2. The van der Waals surface area contributed by atoms with Crippen molar-refractivity contribution < 1.29 is 10.2 Å². The van der Waals surface area contributed by atoms with Gasteiger partial charge in [0, 0.05) is 19.0 Å². The minimum absolute atomic E-state index is 0.114. The molecule has 0 radical (unpaired) electrons. The summed E-state index contributed by atoms with van der Waals surface area (Å²) in [5.41, 5.74) is 3.15. The molecule has 0 amide bonds. The number of aryl methyl sites for hydroxylation is 1. The first-order valence-corrected chi connectivity index (χ1v) is 8.18. The van der Waals surface area contributed by atoms with Gasteiger partial charge in [0.15, 0.2) is 5.65 Å². The lowest BCUT2D eigenvalue weighted by molar-refractivity contribution is 0.0761. The predicted octanol–water partition coefficient (Wildman–Crippen LogP) is 2.09. The first-order valence-electron chi connectivity index (χ1n) is 8.18. The fourth-order valence-electron chi connectivity index (χ4n) is 3.15. The summed E-state index contributed by atoms with van der Waals surface area (Å²) in [6, 6.07) is 12.0. The largest absolute Gasteiger partial charge is 0.396 e. The van der Waals surface area contributed by atoms with Crippen LogP contribution in [0.4, 0.5) is 5.82 Å². The van der Waals surface area contributed by atoms with Gasteiger partial charge in [-0.1, -0.05) is 19.1 Å². The third kappa shape index (κ3) is 2.82. The number of anilines is 1. The quantitative estimate of drug-likeness (QED) is 0.744.